The maximum atomic E-state index is 12.0. The molecule has 176 valence electrons. The number of aromatic nitrogens is 4. The van der Waals surface area contributed by atoms with Crippen LogP contribution in [0, 0.1) is 5.92 Å². The van der Waals surface area contributed by atoms with Gasteiger partial charge in [-0.1, -0.05) is 13.8 Å². The molecule has 1 aliphatic heterocycles. The average molecular weight is 453 g/mol. The molecule has 2 saturated carbocycles. The molecule has 0 aromatic carbocycles. The van der Waals surface area contributed by atoms with Crippen molar-refractivity contribution in [3.05, 3.63) is 17.3 Å². The van der Waals surface area contributed by atoms with Gasteiger partial charge in [0.2, 0.25) is 17.8 Å². The number of nitrogens with zero attached hydrogens (tertiary/aromatic N) is 4. The fraction of sp³-hybridized carbons (Fsp3) is 0.609. The molecule has 0 atom stereocenters. The summed E-state index contributed by atoms with van der Waals surface area (Å²) in [6, 6.07) is 1.30. The van der Waals surface area contributed by atoms with Crippen molar-refractivity contribution in [1.29, 1.82) is 0 Å². The lowest BCUT2D eigenvalue weighted by molar-refractivity contribution is -0.124. The van der Waals surface area contributed by atoms with E-state index >= 15 is 0 Å². The van der Waals surface area contributed by atoms with Gasteiger partial charge in [-0.3, -0.25) is 14.9 Å². The van der Waals surface area contributed by atoms with Gasteiger partial charge in [-0.15, -0.1) is 0 Å². The van der Waals surface area contributed by atoms with Crippen molar-refractivity contribution in [1.82, 2.24) is 30.2 Å². The van der Waals surface area contributed by atoms with E-state index in [2.05, 4.69) is 40.2 Å². The third kappa shape index (κ3) is 5.16. The lowest BCUT2D eigenvalue weighted by atomic mass is 9.91. The Morgan fingerprint density at radius 1 is 1.06 bits per heavy atom. The number of hydrogen-bond donors (Lipinski definition) is 4. The van der Waals surface area contributed by atoms with Crippen molar-refractivity contribution in [3.63, 3.8) is 0 Å². The highest BCUT2D eigenvalue weighted by molar-refractivity contribution is 6.15. The molecule has 2 aromatic heterocycles. The Morgan fingerprint density at radius 3 is 2.42 bits per heavy atom. The van der Waals surface area contributed by atoms with Crippen molar-refractivity contribution in [2.75, 3.05) is 17.2 Å². The number of amides is 2. The molecule has 5 rings (SSSR count). The molecule has 0 unspecified atom stereocenters. The van der Waals surface area contributed by atoms with Gasteiger partial charge in [-0.2, -0.15) is 19.6 Å². The number of carbonyl (C=O) groups is 2. The van der Waals surface area contributed by atoms with E-state index in [1.165, 1.54) is 0 Å². The molecule has 0 bridgehead atoms. The van der Waals surface area contributed by atoms with Crippen molar-refractivity contribution in [2.45, 2.75) is 76.9 Å². The van der Waals surface area contributed by atoms with Gasteiger partial charge < -0.3 is 16.0 Å². The fourth-order valence-electron chi connectivity index (χ4n) is 4.40. The second-order valence-electron chi connectivity index (χ2n) is 9.84. The van der Waals surface area contributed by atoms with E-state index in [9.17, 15) is 9.59 Å². The molecule has 2 amide bonds. The molecule has 10 nitrogen and oxygen atoms in total. The maximum Gasteiger partial charge on any atom is 0.254 e. The number of anilines is 2. The molecule has 0 radical (unpaired) electrons. The number of hydrogen-bond acceptors (Lipinski definition) is 8. The van der Waals surface area contributed by atoms with Gasteiger partial charge in [0.25, 0.3) is 5.91 Å². The zero-order valence-corrected chi connectivity index (χ0v) is 19.2. The Kier molecular flexibility index (Phi) is 6.01. The van der Waals surface area contributed by atoms with E-state index in [0.29, 0.717) is 52.7 Å². The molecule has 10 heteroatoms. The predicted molar refractivity (Wildman–Crippen MR) is 126 cm³/mol. The highest BCUT2D eigenvalue weighted by atomic mass is 16.2. The minimum Gasteiger partial charge on any atom is -0.351 e. The van der Waals surface area contributed by atoms with Crippen molar-refractivity contribution in [2.24, 2.45) is 5.92 Å². The second-order valence-corrected chi connectivity index (χ2v) is 9.84. The second kappa shape index (κ2) is 9.09. The summed E-state index contributed by atoms with van der Waals surface area (Å²) in [6.07, 6.45) is 10.1. The van der Waals surface area contributed by atoms with E-state index in [1.54, 1.807) is 16.8 Å². The summed E-state index contributed by atoms with van der Waals surface area (Å²) in [5.74, 6) is 1.23. The van der Waals surface area contributed by atoms with Crippen LogP contribution in [0.2, 0.25) is 0 Å². The van der Waals surface area contributed by atoms with E-state index in [0.717, 1.165) is 45.1 Å². The Bertz CT molecular complexity index is 1080. The first-order valence-corrected chi connectivity index (χ1v) is 12.0. The zero-order chi connectivity index (χ0) is 22.9. The van der Waals surface area contributed by atoms with Crippen molar-refractivity contribution < 1.29 is 9.59 Å². The van der Waals surface area contributed by atoms with Crippen molar-refractivity contribution in [3.8, 4) is 0 Å². The van der Waals surface area contributed by atoms with E-state index < -0.39 is 0 Å². The molecule has 3 aliphatic rings. The summed E-state index contributed by atoms with van der Waals surface area (Å²) in [5, 5.41) is 17.4. The van der Waals surface area contributed by atoms with E-state index in [1.807, 2.05) is 0 Å². The Hall–Kier alpha value is -3.01. The summed E-state index contributed by atoms with van der Waals surface area (Å²) in [7, 11) is 0. The molecule has 3 heterocycles. The van der Waals surface area contributed by atoms with Crippen LogP contribution in [0.3, 0.4) is 0 Å². The van der Waals surface area contributed by atoms with Gasteiger partial charge in [-0.25, -0.2) is 0 Å². The fourth-order valence-corrected chi connectivity index (χ4v) is 4.40. The molecule has 0 spiro atoms. The average Bonchev–Trinajstić information content (AvgIpc) is 3.42. The number of rotatable bonds is 8. The Balaban J connectivity index is 1.36. The molecular formula is C23H32N8O2. The van der Waals surface area contributed by atoms with Gasteiger partial charge >= 0.3 is 0 Å². The highest BCUT2D eigenvalue weighted by Gasteiger charge is 2.27. The zero-order valence-electron chi connectivity index (χ0n) is 19.2. The summed E-state index contributed by atoms with van der Waals surface area (Å²) < 4.78 is 1.68. The first-order valence-electron chi connectivity index (χ1n) is 12.0. The standard InChI is InChI=1S/C23H32N8O2/c1-13(2)11-24-16-3-5-17(6-4-16)26-22-29-20-15(9-14-10-19(32)28-21(14)33)12-25-31(20)23(30-22)27-18-7-8-18/h9,12-13,16-18,24H,3-8,10-11H2,1-2H3,(H,28,32,33)(H2,26,27,29,30)/b14-9+. The third-order valence-corrected chi connectivity index (χ3v) is 6.41. The maximum absolute atomic E-state index is 12.0. The van der Waals surface area contributed by atoms with Gasteiger partial charge in [0.05, 0.1) is 12.6 Å². The van der Waals surface area contributed by atoms with Crippen LogP contribution in [0.25, 0.3) is 11.7 Å². The number of carbonyl (C=O) groups excluding carboxylic acids is 2. The van der Waals surface area contributed by atoms with Crippen LogP contribution in [0.4, 0.5) is 11.9 Å². The molecule has 2 aliphatic carbocycles. The third-order valence-electron chi connectivity index (χ3n) is 6.41. The monoisotopic (exact) mass is 452 g/mol. The summed E-state index contributed by atoms with van der Waals surface area (Å²) in [5.41, 5.74) is 1.73. The lowest BCUT2D eigenvalue weighted by Gasteiger charge is -2.30. The van der Waals surface area contributed by atoms with Crippen LogP contribution in [-0.2, 0) is 9.59 Å². The van der Waals surface area contributed by atoms with E-state index in [-0.39, 0.29) is 18.2 Å². The minimum absolute atomic E-state index is 0.0770. The quantitative estimate of drug-likeness (QED) is 0.354. The van der Waals surface area contributed by atoms with Gasteiger partial charge in [-0.05, 0) is 57.1 Å². The highest BCUT2D eigenvalue weighted by Crippen LogP contribution is 2.27. The molecule has 1 saturated heterocycles. The molecule has 2 aromatic rings. The van der Waals surface area contributed by atoms with Gasteiger partial charge in [0.1, 0.15) is 0 Å². The van der Waals surface area contributed by atoms with Crippen LogP contribution in [0.15, 0.2) is 11.8 Å². The topological polar surface area (TPSA) is 125 Å². The number of nitrogens with one attached hydrogen (secondary N) is 4. The van der Waals surface area contributed by atoms with Crippen LogP contribution in [-0.4, -0.2) is 56.1 Å². The largest absolute Gasteiger partial charge is 0.351 e. The van der Waals surface area contributed by atoms with E-state index in [4.69, 9.17) is 9.97 Å². The lowest BCUT2D eigenvalue weighted by Crippen LogP contribution is -2.38. The predicted octanol–water partition coefficient (Wildman–Crippen LogP) is 2.10. The number of fused-ring (bicyclic) bond motifs is 1. The van der Waals surface area contributed by atoms with Gasteiger partial charge in [0.15, 0.2) is 5.65 Å². The SMILES string of the molecule is CC(C)CNC1CCC(Nc2nc(NC3CC3)n3ncc(/C=C4\CC(=O)NC4=O)c3n2)CC1. The molecule has 4 N–H and O–H groups in total. The van der Waals surface area contributed by atoms with Crippen molar-refractivity contribution >= 4 is 35.4 Å². The van der Waals surface area contributed by atoms with Crippen LogP contribution in [0.5, 0.6) is 0 Å². The minimum atomic E-state index is -0.356. The molecular weight excluding hydrogens is 420 g/mol. The first kappa shape index (κ1) is 21.8. The smallest absolute Gasteiger partial charge is 0.254 e. The van der Waals surface area contributed by atoms with Crippen LogP contribution < -0.4 is 21.3 Å². The Morgan fingerprint density at radius 2 is 1.76 bits per heavy atom. The summed E-state index contributed by atoms with van der Waals surface area (Å²) >= 11 is 0. The van der Waals surface area contributed by atoms with Gasteiger partial charge in [0, 0.05) is 29.3 Å². The molecule has 3 fully saturated rings. The summed E-state index contributed by atoms with van der Waals surface area (Å²) in [4.78, 5) is 33.1. The van der Waals surface area contributed by atoms with Crippen LogP contribution in [0.1, 0.15) is 64.4 Å². The first-order chi connectivity index (χ1) is 15.9. The normalized spacial score (nSPS) is 24.6. The molecule has 33 heavy (non-hydrogen) atoms. The number of imide groups is 1. The Labute approximate surface area is 193 Å². The van der Waals surface area contributed by atoms with Crippen LogP contribution >= 0.6 is 0 Å². The summed E-state index contributed by atoms with van der Waals surface area (Å²) in [6.45, 7) is 5.53.